The van der Waals surface area contributed by atoms with Crippen molar-refractivity contribution in [3.05, 3.63) is 0 Å². The molecule has 2 N–H and O–H groups in total. The molecule has 2 heterocycles. The Bertz CT molecular complexity index is 236. The smallest absolute Gasteiger partial charge is 0.0793 e. The number of hydrogen-bond acceptors (Lipinski definition) is 4. The molecule has 2 fully saturated rings. The topological polar surface area (TPSA) is 38.7 Å². The molecule has 0 aromatic rings. The lowest BCUT2D eigenvalue weighted by Gasteiger charge is -2.35. The van der Waals surface area contributed by atoms with Gasteiger partial charge in [-0.2, -0.15) is 0 Å². The molecule has 1 unspecified atom stereocenters. The first kappa shape index (κ1) is 15.2. The number of nitrogens with one attached hydrogen (secondary N) is 1. The summed E-state index contributed by atoms with van der Waals surface area (Å²) in [6, 6.07) is 0. The average Bonchev–Trinajstić information content (AvgIpc) is 2.42. The Balaban J connectivity index is 1.61. The molecule has 0 bridgehead atoms. The van der Waals surface area contributed by atoms with Crippen molar-refractivity contribution in [2.75, 3.05) is 52.4 Å². The summed E-state index contributed by atoms with van der Waals surface area (Å²) in [6.45, 7) is 10.6. The van der Waals surface area contributed by atoms with E-state index < -0.39 is 0 Å². The van der Waals surface area contributed by atoms with Gasteiger partial charge in [-0.15, -0.1) is 0 Å². The minimum Gasteiger partial charge on any atom is -0.390 e. The van der Waals surface area contributed by atoms with Crippen LogP contribution in [0.25, 0.3) is 0 Å². The fourth-order valence-electron chi connectivity index (χ4n) is 3.41. The highest BCUT2D eigenvalue weighted by Gasteiger charge is 2.21. The van der Waals surface area contributed by atoms with E-state index in [1.807, 2.05) is 0 Å². The molecule has 112 valence electrons. The number of aliphatic hydroxyl groups excluding tert-OH is 1. The zero-order chi connectivity index (χ0) is 13.5. The number of nitrogens with zero attached hydrogens (tertiary/aromatic N) is 2. The first-order chi connectivity index (χ1) is 9.28. The van der Waals surface area contributed by atoms with Crippen LogP contribution in [0.5, 0.6) is 0 Å². The van der Waals surface area contributed by atoms with Gasteiger partial charge in [0.2, 0.25) is 0 Å². The van der Waals surface area contributed by atoms with E-state index >= 15 is 0 Å². The second-order valence-corrected chi connectivity index (χ2v) is 6.24. The average molecular weight is 269 g/mol. The quantitative estimate of drug-likeness (QED) is 0.747. The maximum absolute atomic E-state index is 10.2. The lowest BCUT2D eigenvalue weighted by Crippen LogP contribution is -2.49. The molecule has 19 heavy (non-hydrogen) atoms. The molecule has 2 saturated heterocycles. The summed E-state index contributed by atoms with van der Waals surface area (Å²) in [5.41, 5.74) is 0. The van der Waals surface area contributed by atoms with Crippen LogP contribution in [0, 0.1) is 5.92 Å². The van der Waals surface area contributed by atoms with Crippen LogP contribution >= 0.6 is 0 Å². The summed E-state index contributed by atoms with van der Waals surface area (Å²) in [5, 5.41) is 13.6. The first-order valence-corrected chi connectivity index (χ1v) is 8.11. The Hall–Kier alpha value is -0.160. The summed E-state index contributed by atoms with van der Waals surface area (Å²) in [4.78, 5) is 4.84. The third kappa shape index (κ3) is 5.38. The van der Waals surface area contributed by atoms with Crippen molar-refractivity contribution in [2.24, 2.45) is 5.92 Å². The molecule has 0 aromatic heterocycles. The van der Waals surface area contributed by atoms with Gasteiger partial charge in [0.05, 0.1) is 6.10 Å². The number of likely N-dealkylation sites (tertiary alicyclic amines) is 1. The summed E-state index contributed by atoms with van der Waals surface area (Å²) >= 11 is 0. The van der Waals surface area contributed by atoms with Gasteiger partial charge >= 0.3 is 0 Å². The Morgan fingerprint density at radius 3 is 2.21 bits per heavy atom. The van der Waals surface area contributed by atoms with Crippen LogP contribution in [0.1, 0.15) is 32.6 Å². The van der Waals surface area contributed by atoms with E-state index in [1.54, 1.807) is 0 Å². The van der Waals surface area contributed by atoms with Gasteiger partial charge in [0, 0.05) is 39.3 Å². The third-order valence-corrected chi connectivity index (χ3v) is 4.55. The molecule has 0 aromatic carbocycles. The Morgan fingerprint density at radius 2 is 1.63 bits per heavy atom. The molecule has 4 nitrogen and oxygen atoms in total. The predicted molar refractivity (Wildman–Crippen MR) is 79.4 cm³/mol. The third-order valence-electron chi connectivity index (χ3n) is 4.55. The number of rotatable bonds is 6. The Morgan fingerprint density at radius 1 is 1.05 bits per heavy atom. The summed E-state index contributed by atoms with van der Waals surface area (Å²) in [7, 11) is 0. The minimum atomic E-state index is -0.180. The minimum absolute atomic E-state index is 0.180. The molecule has 2 rings (SSSR count). The lowest BCUT2D eigenvalue weighted by molar-refractivity contribution is 0.0560. The van der Waals surface area contributed by atoms with Gasteiger partial charge in [0.1, 0.15) is 0 Å². The predicted octanol–water partition coefficient (Wildman–Crippen LogP) is 0.765. The van der Waals surface area contributed by atoms with Gasteiger partial charge in [0.15, 0.2) is 0 Å². The van der Waals surface area contributed by atoms with Gasteiger partial charge in [-0.05, 0) is 31.8 Å². The molecule has 4 heteroatoms. The van der Waals surface area contributed by atoms with Crippen molar-refractivity contribution in [3.63, 3.8) is 0 Å². The molecule has 2 aliphatic heterocycles. The Kier molecular flexibility index (Phi) is 6.57. The lowest BCUT2D eigenvalue weighted by atomic mass is 9.92. The van der Waals surface area contributed by atoms with E-state index in [0.29, 0.717) is 0 Å². The molecule has 1 atom stereocenters. The number of aliphatic hydroxyl groups is 1. The molecule has 2 aliphatic rings. The van der Waals surface area contributed by atoms with Crippen LogP contribution in [0.4, 0.5) is 0 Å². The van der Waals surface area contributed by atoms with E-state index in [-0.39, 0.29) is 6.10 Å². The number of β-amino-alcohol motifs (C(OH)–C–C–N with tert-alkyl or cyclic N) is 1. The highest BCUT2D eigenvalue weighted by molar-refractivity contribution is 4.77. The van der Waals surface area contributed by atoms with Crippen molar-refractivity contribution in [1.29, 1.82) is 0 Å². The van der Waals surface area contributed by atoms with Gasteiger partial charge in [-0.3, -0.25) is 4.90 Å². The molecular weight excluding hydrogens is 238 g/mol. The number of piperazine rings is 1. The maximum Gasteiger partial charge on any atom is 0.0793 e. The molecule has 0 aliphatic carbocycles. The van der Waals surface area contributed by atoms with Gasteiger partial charge < -0.3 is 15.3 Å². The van der Waals surface area contributed by atoms with Crippen molar-refractivity contribution in [3.8, 4) is 0 Å². The van der Waals surface area contributed by atoms with Gasteiger partial charge in [-0.1, -0.05) is 19.8 Å². The van der Waals surface area contributed by atoms with Gasteiger partial charge in [-0.25, -0.2) is 0 Å². The maximum atomic E-state index is 10.2. The molecule has 0 spiro atoms. The highest BCUT2D eigenvalue weighted by atomic mass is 16.3. The van der Waals surface area contributed by atoms with Crippen LogP contribution in [-0.4, -0.2) is 73.4 Å². The zero-order valence-electron chi connectivity index (χ0n) is 12.5. The van der Waals surface area contributed by atoms with E-state index in [0.717, 1.165) is 45.2 Å². The normalized spacial score (nSPS) is 25.6. The standard InChI is InChI=1S/C15H31N3O/c1-2-3-14-4-8-17(9-5-14)12-15(19)13-18-10-6-16-7-11-18/h14-16,19H,2-13H2,1H3. The van der Waals surface area contributed by atoms with E-state index in [2.05, 4.69) is 22.0 Å². The van der Waals surface area contributed by atoms with Crippen molar-refractivity contribution in [2.45, 2.75) is 38.7 Å². The second-order valence-electron chi connectivity index (χ2n) is 6.24. The fourth-order valence-corrected chi connectivity index (χ4v) is 3.41. The molecular formula is C15H31N3O. The molecule has 0 amide bonds. The molecule has 0 radical (unpaired) electrons. The van der Waals surface area contributed by atoms with Gasteiger partial charge in [0.25, 0.3) is 0 Å². The largest absolute Gasteiger partial charge is 0.390 e. The highest BCUT2D eigenvalue weighted by Crippen LogP contribution is 2.21. The number of piperidine rings is 1. The Labute approximate surface area is 118 Å². The second kappa shape index (κ2) is 8.20. The monoisotopic (exact) mass is 269 g/mol. The zero-order valence-corrected chi connectivity index (χ0v) is 12.5. The van der Waals surface area contributed by atoms with Crippen molar-refractivity contribution in [1.82, 2.24) is 15.1 Å². The molecule has 0 saturated carbocycles. The first-order valence-electron chi connectivity index (χ1n) is 8.11. The van der Waals surface area contributed by atoms with E-state index in [9.17, 15) is 5.11 Å². The summed E-state index contributed by atoms with van der Waals surface area (Å²) in [5.74, 6) is 0.937. The van der Waals surface area contributed by atoms with Crippen LogP contribution in [0.15, 0.2) is 0 Å². The summed E-state index contributed by atoms with van der Waals surface area (Å²) < 4.78 is 0. The van der Waals surface area contributed by atoms with E-state index in [1.165, 1.54) is 38.8 Å². The van der Waals surface area contributed by atoms with Crippen LogP contribution < -0.4 is 5.32 Å². The van der Waals surface area contributed by atoms with Crippen molar-refractivity contribution >= 4 is 0 Å². The number of hydrogen-bond donors (Lipinski definition) is 2. The van der Waals surface area contributed by atoms with Crippen molar-refractivity contribution < 1.29 is 5.11 Å². The van der Waals surface area contributed by atoms with Crippen LogP contribution in [0.2, 0.25) is 0 Å². The SMILES string of the molecule is CCCC1CCN(CC(O)CN2CCNCC2)CC1. The summed E-state index contributed by atoms with van der Waals surface area (Å²) in [6.07, 6.45) is 5.18. The fraction of sp³-hybridized carbons (Fsp3) is 1.00. The van der Waals surface area contributed by atoms with Crippen LogP contribution in [-0.2, 0) is 0 Å². The van der Waals surface area contributed by atoms with Crippen LogP contribution in [0.3, 0.4) is 0 Å². The van der Waals surface area contributed by atoms with E-state index in [4.69, 9.17) is 0 Å².